The Morgan fingerprint density at radius 2 is 1.88 bits per heavy atom. The van der Waals surface area contributed by atoms with E-state index in [-0.39, 0.29) is 0 Å². The van der Waals surface area contributed by atoms with Gasteiger partial charge >= 0.3 is 0 Å². The summed E-state index contributed by atoms with van der Waals surface area (Å²) >= 11 is 0. The van der Waals surface area contributed by atoms with Crippen LogP contribution in [0.5, 0.6) is 0 Å². The lowest BCUT2D eigenvalue weighted by molar-refractivity contribution is 0.119. The van der Waals surface area contributed by atoms with Gasteiger partial charge in [0.25, 0.3) is 0 Å². The summed E-state index contributed by atoms with van der Waals surface area (Å²) in [6.07, 6.45) is 8.51. The molecule has 0 aliphatic heterocycles. The zero-order chi connectivity index (χ0) is 11.5. The lowest BCUT2D eigenvalue weighted by Gasteiger charge is -2.38. The number of nitrogens with zero attached hydrogens (tertiary/aromatic N) is 1. The van der Waals surface area contributed by atoms with Gasteiger partial charge in [0, 0.05) is 24.7 Å². The van der Waals surface area contributed by atoms with E-state index in [9.17, 15) is 0 Å². The molecule has 0 radical (unpaired) electrons. The molecule has 2 aliphatic rings. The van der Waals surface area contributed by atoms with Crippen molar-refractivity contribution in [3.8, 4) is 0 Å². The van der Waals surface area contributed by atoms with Crippen LogP contribution in [0.1, 0.15) is 52.4 Å². The topological polar surface area (TPSA) is 15.3 Å². The standard InChI is InChI=1S/C14H28N2/c1-11(2)10-16(13-7-8-13)14-6-4-5-12(9-14)15-3/h11-15H,4-10H2,1-3H3. The van der Waals surface area contributed by atoms with Crippen LogP contribution in [0.2, 0.25) is 0 Å². The maximum atomic E-state index is 3.47. The highest BCUT2D eigenvalue weighted by atomic mass is 15.2. The molecular formula is C14H28N2. The Bertz CT molecular complexity index is 211. The van der Waals surface area contributed by atoms with Crippen molar-refractivity contribution >= 4 is 0 Å². The summed E-state index contributed by atoms with van der Waals surface area (Å²) in [6.45, 7) is 6.02. The summed E-state index contributed by atoms with van der Waals surface area (Å²) in [5.41, 5.74) is 0. The molecule has 0 heterocycles. The molecule has 2 atom stereocenters. The second-order valence-electron chi connectivity index (χ2n) is 6.13. The molecule has 0 spiro atoms. The van der Waals surface area contributed by atoms with Crippen molar-refractivity contribution in [2.45, 2.75) is 70.5 Å². The molecule has 2 aliphatic carbocycles. The van der Waals surface area contributed by atoms with Crippen molar-refractivity contribution in [3.63, 3.8) is 0 Å². The van der Waals surface area contributed by atoms with Crippen LogP contribution in [-0.2, 0) is 0 Å². The number of hydrogen-bond donors (Lipinski definition) is 1. The second kappa shape index (κ2) is 5.50. The smallest absolute Gasteiger partial charge is 0.0113 e. The van der Waals surface area contributed by atoms with Crippen molar-refractivity contribution < 1.29 is 0 Å². The lowest BCUT2D eigenvalue weighted by Crippen LogP contribution is -2.45. The summed E-state index contributed by atoms with van der Waals surface area (Å²) in [7, 11) is 2.12. The fraction of sp³-hybridized carbons (Fsp3) is 1.00. The predicted octanol–water partition coefficient (Wildman–Crippen LogP) is 2.64. The fourth-order valence-electron chi connectivity index (χ4n) is 3.15. The Morgan fingerprint density at radius 1 is 1.12 bits per heavy atom. The summed E-state index contributed by atoms with van der Waals surface area (Å²) in [6, 6.07) is 2.57. The Balaban J connectivity index is 1.90. The zero-order valence-electron chi connectivity index (χ0n) is 11.2. The van der Waals surface area contributed by atoms with E-state index in [2.05, 4.69) is 31.1 Å². The van der Waals surface area contributed by atoms with Crippen molar-refractivity contribution in [3.05, 3.63) is 0 Å². The van der Waals surface area contributed by atoms with E-state index < -0.39 is 0 Å². The highest BCUT2D eigenvalue weighted by Crippen LogP contribution is 2.34. The monoisotopic (exact) mass is 224 g/mol. The highest BCUT2D eigenvalue weighted by Gasteiger charge is 2.36. The van der Waals surface area contributed by atoms with Gasteiger partial charge in [0.1, 0.15) is 0 Å². The molecule has 0 saturated heterocycles. The molecule has 1 N–H and O–H groups in total. The summed E-state index contributed by atoms with van der Waals surface area (Å²) in [5.74, 6) is 0.815. The third-order valence-corrected chi connectivity index (χ3v) is 4.12. The molecule has 16 heavy (non-hydrogen) atoms. The quantitative estimate of drug-likeness (QED) is 0.772. The Hall–Kier alpha value is -0.0800. The first-order chi connectivity index (χ1) is 7.70. The van der Waals surface area contributed by atoms with E-state index in [1.807, 2.05) is 0 Å². The van der Waals surface area contributed by atoms with Crippen LogP contribution in [-0.4, -0.2) is 36.6 Å². The molecular weight excluding hydrogens is 196 g/mol. The molecule has 0 aromatic heterocycles. The average molecular weight is 224 g/mol. The third-order valence-electron chi connectivity index (χ3n) is 4.12. The van der Waals surface area contributed by atoms with E-state index in [1.54, 1.807) is 0 Å². The van der Waals surface area contributed by atoms with E-state index in [0.717, 1.165) is 24.0 Å². The van der Waals surface area contributed by atoms with Gasteiger partial charge in [0.2, 0.25) is 0 Å². The molecule has 2 saturated carbocycles. The molecule has 0 amide bonds. The van der Waals surface area contributed by atoms with Crippen molar-refractivity contribution in [1.29, 1.82) is 0 Å². The average Bonchev–Trinajstić information content (AvgIpc) is 3.09. The molecule has 0 aromatic rings. The van der Waals surface area contributed by atoms with Gasteiger partial charge < -0.3 is 5.32 Å². The van der Waals surface area contributed by atoms with Gasteiger partial charge in [-0.05, 0) is 45.1 Å². The van der Waals surface area contributed by atoms with Crippen LogP contribution in [0, 0.1) is 5.92 Å². The van der Waals surface area contributed by atoms with Crippen molar-refractivity contribution in [2.75, 3.05) is 13.6 Å². The minimum atomic E-state index is 0.771. The van der Waals surface area contributed by atoms with Gasteiger partial charge in [-0.15, -0.1) is 0 Å². The first kappa shape index (κ1) is 12.4. The normalized spacial score (nSPS) is 31.3. The molecule has 0 aromatic carbocycles. The van der Waals surface area contributed by atoms with E-state index in [4.69, 9.17) is 0 Å². The van der Waals surface area contributed by atoms with Gasteiger partial charge in [0.15, 0.2) is 0 Å². The molecule has 2 heteroatoms. The van der Waals surface area contributed by atoms with Crippen LogP contribution < -0.4 is 5.32 Å². The first-order valence-corrected chi connectivity index (χ1v) is 7.13. The van der Waals surface area contributed by atoms with E-state index in [0.29, 0.717) is 0 Å². The summed E-state index contributed by atoms with van der Waals surface area (Å²) < 4.78 is 0. The minimum Gasteiger partial charge on any atom is -0.317 e. The molecule has 0 bridgehead atoms. The Kier molecular flexibility index (Phi) is 4.26. The van der Waals surface area contributed by atoms with Gasteiger partial charge in [-0.3, -0.25) is 4.90 Å². The number of rotatable bonds is 5. The molecule has 2 fully saturated rings. The van der Waals surface area contributed by atoms with Crippen LogP contribution in [0.25, 0.3) is 0 Å². The van der Waals surface area contributed by atoms with Crippen LogP contribution in [0.4, 0.5) is 0 Å². The van der Waals surface area contributed by atoms with E-state index >= 15 is 0 Å². The van der Waals surface area contributed by atoms with Gasteiger partial charge in [0.05, 0.1) is 0 Å². The van der Waals surface area contributed by atoms with Crippen LogP contribution in [0.15, 0.2) is 0 Å². The lowest BCUT2D eigenvalue weighted by atomic mass is 9.89. The summed E-state index contributed by atoms with van der Waals surface area (Å²) in [4.78, 5) is 2.83. The first-order valence-electron chi connectivity index (χ1n) is 7.13. The number of nitrogens with one attached hydrogen (secondary N) is 1. The molecule has 2 nitrogen and oxygen atoms in total. The highest BCUT2D eigenvalue weighted by molar-refractivity contribution is 4.92. The fourth-order valence-corrected chi connectivity index (χ4v) is 3.15. The third kappa shape index (κ3) is 3.21. The van der Waals surface area contributed by atoms with Crippen molar-refractivity contribution in [2.24, 2.45) is 5.92 Å². The van der Waals surface area contributed by atoms with Crippen LogP contribution >= 0.6 is 0 Å². The largest absolute Gasteiger partial charge is 0.317 e. The van der Waals surface area contributed by atoms with E-state index in [1.165, 1.54) is 45.1 Å². The zero-order valence-corrected chi connectivity index (χ0v) is 11.2. The minimum absolute atomic E-state index is 0.771. The number of hydrogen-bond acceptors (Lipinski definition) is 2. The molecule has 2 rings (SSSR count). The second-order valence-corrected chi connectivity index (χ2v) is 6.13. The van der Waals surface area contributed by atoms with Crippen LogP contribution in [0.3, 0.4) is 0 Å². The maximum Gasteiger partial charge on any atom is 0.0113 e. The SMILES string of the molecule is CNC1CCCC(N(CC(C)C)C2CC2)C1. The molecule has 94 valence electrons. The van der Waals surface area contributed by atoms with Gasteiger partial charge in [-0.25, -0.2) is 0 Å². The maximum absolute atomic E-state index is 3.47. The Labute approximate surface area is 101 Å². The van der Waals surface area contributed by atoms with Gasteiger partial charge in [-0.2, -0.15) is 0 Å². The molecule has 2 unspecified atom stereocenters. The predicted molar refractivity (Wildman–Crippen MR) is 69.7 cm³/mol. The summed E-state index contributed by atoms with van der Waals surface area (Å²) in [5, 5.41) is 3.47. The Morgan fingerprint density at radius 3 is 2.44 bits per heavy atom. The van der Waals surface area contributed by atoms with Gasteiger partial charge in [-0.1, -0.05) is 20.3 Å². The van der Waals surface area contributed by atoms with Crippen molar-refractivity contribution in [1.82, 2.24) is 10.2 Å².